The van der Waals surface area contributed by atoms with Gasteiger partial charge >= 0.3 is 24.5 Å². The number of benzene rings is 2. The number of hydrogen-bond acceptors (Lipinski definition) is 3. The van der Waals surface area contributed by atoms with Crippen LogP contribution in [0, 0.1) is 5.82 Å². The van der Waals surface area contributed by atoms with Crippen LogP contribution in [-0.2, 0) is 17.1 Å². The van der Waals surface area contributed by atoms with Crippen molar-refractivity contribution in [3.8, 4) is 0 Å². The molecule has 2 atom stereocenters. The van der Waals surface area contributed by atoms with Crippen molar-refractivity contribution in [1.82, 2.24) is 9.80 Å². The van der Waals surface area contributed by atoms with Crippen LogP contribution in [0.15, 0.2) is 42.5 Å². The Morgan fingerprint density at radius 2 is 1.44 bits per heavy atom. The predicted molar refractivity (Wildman–Crippen MR) is 127 cm³/mol. The van der Waals surface area contributed by atoms with E-state index in [4.69, 9.17) is 4.74 Å². The number of urea groups is 1. The second-order valence-electron chi connectivity index (χ2n) is 10.5. The Morgan fingerprint density at radius 1 is 0.872 bits per heavy atom. The lowest BCUT2D eigenvalue weighted by molar-refractivity contribution is -0.143. The van der Waals surface area contributed by atoms with Crippen LogP contribution in [0.4, 0.5) is 46.0 Å². The zero-order valence-electron chi connectivity index (χ0n) is 21.2. The van der Waals surface area contributed by atoms with Gasteiger partial charge in [-0.3, -0.25) is 4.90 Å². The largest absolute Gasteiger partial charge is 0.444 e. The van der Waals surface area contributed by atoms with Crippen molar-refractivity contribution in [3.05, 3.63) is 65.0 Å². The van der Waals surface area contributed by atoms with Crippen molar-refractivity contribution in [1.29, 1.82) is 0 Å². The summed E-state index contributed by atoms with van der Waals surface area (Å²) in [5.41, 5.74) is -3.79. The van der Waals surface area contributed by atoms with Crippen molar-refractivity contribution in [3.63, 3.8) is 0 Å². The lowest BCUT2D eigenvalue weighted by Gasteiger charge is -2.29. The van der Waals surface area contributed by atoms with E-state index < -0.39 is 64.7 Å². The number of carbonyl (C=O) groups is 2. The minimum atomic E-state index is -5.06. The highest BCUT2D eigenvalue weighted by Gasteiger charge is 2.46. The summed E-state index contributed by atoms with van der Waals surface area (Å²) in [4.78, 5) is 29.8. The monoisotopic (exact) mass is 561 g/mol. The van der Waals surface area contributed by atoms with E-state index in [9.17, 15) is 40.3 Å². The summed E-state index contributed by atoms with van der Waals surface area (Å²) in [7, 11) is 0. The molecule has 0 N–H and O–H groups in total. The maximum Gasteiger partial charge on any atom is 0.416 e. The molecule has 0 saturated carbocycles. The van der Waals surface area contributed by atoms with Gasteiger partial charge in [0.25, 0.3) is 0 Å². The average Bonchev–Trinajstić information content (AvgIpc) is 3.41. The molecule has 2 aromatic carbocycles. The molecular formula is C26H26F7N3O3. The average molecular weight is 561 g/mol. The smallest absolute Gasteiger partial charge is 0.416 e. The molecule has 2 saturated heterocycles. The molecule has 0 radical (unpaired) electrons. The minimum absolute atomic E-state index is 0.00205. The van der Waals surface area contributed by atoms with E-state index >= 15 is 0 Å². The van der Waals surface area contributed by atoms with E-state index in [1.54, 1.807) is 20.8 Å². The van der Waals surface area contributed by atoms with Gasteiger partial charge < -0.3 is 14.5 Å². The topological polar surface area (TPSA) is 53.1 Å². The van der Waals surface area contributed by atoms with Crippen molar-refractivity contribution in [2.24, 2.45) is 0 Å². The summed E-state index contributed by atoms with van der Waals surface area (Å²) >= 11 is 0. The van der Waals surface area contributed by atoms with Gasteiger partial charge in [-0.2, -0.15) is 26.3 Å². The molecule has 2 aliphatic heterocycles. The molecule has 0 spiro atoms. The predicted octanol–water partition coefficient (Wildman–Crippen LogP) is 6.51. The van der Waals surface area contributed by atoms with Crippen LogP contribution in [0.25, 0.3) is 0 Å². The number of carbonyl (C=O) groups excluding carboxylic acids is 2. The molecule has 13 heteroatoms. The van der Waals surface area contributed by atoms with Gasteiger partial charge in [-0.1, -0.05) is 12.1 Å². The fourth-order valence-electron chi connectivity index (χ4n) is 4.81. The molecule has 39 heavy (non-hydrogen) atoms. The highest BCUT2D eigenvalue weighted by atomic mass is 19.4. The molecule has 212 valence electrons. The van der Waals surface area contributed by atoms with Crippen molar-refractivity contribution in [2.45, 2.75) is 50.7 Å². The standard InChI is InChI=1S/C26H26F7N3O3/c1-24(2,3)39-23(38)34-13-20(15-4-6-18(27)7-5-15)21(14-34)36-9-8-35(22(36)37)19-11-16(25(28,29)30)10-17(12-19)26(31,32)33/h4-7,10-12,20-21H,8-9,13-14H2,1-3H3/t20-,21+/m0/s1. The second-order valence-corrected chi connectivity index (χ2v) is 10.5. The third-order valence-electron chi connectivity index (χ3n) is 6.56. The maximum atomic E-state index is 13.6. The van der Waals surface area contributed by atoms with Crippen molar-refractivity contribution in [2.75, 3.05) is 31.1 Å². The molecule has 2 fully saturated rings. The molecule has 0 unspecified atom stereocenters. The fraction of sp³-hybridized carbons (Fsp3) is 0.462. The SMILES string of the molecule is CC(C)(C)OC(=O)N1C[C@@H](N2CCN(c3cc(C(F)(F)F)cc(C(F)(F)F)c3)C2=O)[C@H](c2ccc(F)cc2)C1. The van der Waals surface area contributed by atoms with Gasteiger partial charge in [0.1, 0.15) is 11.4 Å². The summed E-state index contributed by atoms with van der Waals surface area (Å²) in [6.07, 6.45) is -10.8. The molecule has 4 rings (SSSR count). The van der Waals surface area contributed by atoms with E-state index in [-0.39, 0.29) is 32.2 Å². The zero-order chi connectivity index (χ0) is 28.9. The van der Waals surface area contributed by atoms with Crippen LogP contribution in [0.3, 0.4) is 0 Å². The lowest BCUT2D eigenvalue weighted by atomic mass is 9.93. The normalized spacial score (nSPS) is 20.7. The molecular weight excluding hydrogens is 535 g/mol. The number of anilines is 1. The number of rotatable bonds is 3. The first kappa shape index (κ1) is 28.5. The van der Waals surface area contributed by atoms with Crippen LogP contribution in [0.5, 0.6) is 0 Å². The second kappa shape index (κ2) is 9.91. The van der Waals surface area contributed by atoms with Gasteiger partial charge in [-0.25, -0.2) is 14.0 Å². The number of nitrogens with zero attached hydrogens (tertiary/aromatic N) is 3. The van der Waals surface area contributed by atoms with E-state index in [1.807, 2.05) is 0 Å². The number of halogens is 7. The van der Waals surface area contributed by atoms with E-state index in [0.29, 0.717) is 17.7 Å². The fourth-order valence-corrected chi connectivity index (χ4v) is 4.81. The quantitative estimate of drug-likeness (QED) is 0.402. The summed E-state index contributed by atoms with van der Waals surface area (Å²) < 4.78 is 99.4. The van der Waals surface area contributed by atoms with Crippen LogP contribution in [-0.4, -0.2) is 59.7 Å². The Kier molecular flexibility index (Phi) is 7.24. The van der Waals surface area contributed by atoms with Gasteiger partial charge in [0, 0.05) is 37.8 Å². The van der Waals surface area contributed by atoms with Gasteiger partial charge in [0.2, 0.25) is 0 Å². The number of ether oxygens (including phenoxy) is 1. The Balaban J connectivity index is 1.66. The summed E-state index contributed by atoms with van der Waals surface area (Å²) in [6.45, 7) is 4.98. The first-order chi connectivity index (χ1) is 17.9. The molecule has 2 aromatic rings. The molecule has 2 aliphatic rings. The van der Waals surface area contributed by atoms with Gasteiger partial charge in [-0.15, -0.1) is 0 Å². The van der Waals surface area contributed by atoms with Gasteiger partial charge in [0.15, 0.2) is 0 Å². The van der Waals surface area contributed by atoms with Crippen LogP contribution in [0.2, 0.25) is 0 Å². The Hall–Kier alpha value is -3.51. The number of likely N-dealkylation sites (tertiary alicyclic amines) is 1. The number of hydrogen-bond donors (Lipinski definition) is 0. The molecule has 0 aromatic heterocycles. The Labute approximate surface area is 219 Å². The highest BCUT2D eigenvalue weighted by Crippen LogP contribution is 2.40. The molecule has 2 heterocycles. The Morgan fingerprint density at radius 3 is 1.95 bits per heavy atom. The third kappa shape index (κ3) is 6.22. The highest BCUT2D eigenvalue weighted by molar-refractivity contribution is 5.94. The lowest BCUT2D eigenvalue weighted by Crippen LogP contribution is -2.44. The summed E-state index contributed by atoms with van der Waals surface area (Å²) in [5, 5.41) is 0. The van der Waals surface area contributed by atoms with Gasteiger partial charge in [0.05, 0.1) is 17.2 Å². The first-order valence-electron chi connectivity index (χ1n) is 12.0. The molecule has 0 bridgehead atoms. The van der Waals surface area contributed by atoms with Crippen molar-refractivity contribution >= 4 is 17.8 Å². The van der Waals surface area contributed by atoms with Crippen LogP contribution >= 0.6 is 0 Å². The molecule has 3 amide bonds. The van der Waals surface area contributed by atoms with Crippen molar-refractivity contribution < 1.29 is 45.1 Å². The Bertz CT molecular complexity index is 1210. The van der Waals surface area contributed by atoms with Crippen LogP contribution in [0.1, 0.15) is 43.4 Å². The van der Waals surface area contributed by atoms with E-state index in [0.717, 1.165) is 4.90 Å². The maximum absolute atomic E-state index is 13.6. The summed E-state index contributed by atoms with van der Waals surface area (Å²) in [5.74, 6) is -1.00. The number of amides is 3. The van der Waals surface area contributed by atoms with Crippen LogP contribution < -0.4 is 4.90 Å². The number of alkyl halides is 6. The van der Waals surface area contributed by atoms with Gasteiger partial charge in [-0.05, 0) is 56.7 Å². The first-order valence-corrected chi connectivity index (χ1v) is 12.0. The minimum Gasteiger partial charge on any atom is -0.444 e. The zero-order valence-corrected chi connectivity index (χ0v) is 21.2. The third-order valence-corrected chi connectivity index (χ3v) is 6.56. The summed E-state index contributed by atoms with van der Waals surface area (Å²) in [6, 6.07) is 5.00. The van der Waals surface area contributed by atoms with E-state index in [2.05, 4.69) is 0 Å². The van der Waals surface area contributed by atoms with E-state index in [1.165, 1.54) is 34.1 Å². The molecule has 0 aliphatic carbocycles. The molecule has 6 nitrogen and oxygen atoms in total.